The number of aryl methyl sites for hydroxylation is 5. The quantitative estimate of drug-likeness (QED) is 0.374. The lowest BCUT2D eigenvalue weighted by atomic mass is 9.96. The van der Waals surface area contributed by atoms with Gasteiger partial charge in [-0.2, -0.15) is 5.26 Å². The molecule has 0 saturated carbocycles. The normalized spacial score (nSPS) is 10.7. The van der Waals surface area contributed by atoms with Crippen LogP contribution in [0.25, 0.3) is 33.8 Å². The lowest BCUT2D eigenvalue weighted by molar-refractivity contribution is 1.19. The molecule has 3 nitrogen and oxygen atoms in total. The monoisotopic (exact) mass is 403 g/mol. The van der Waals surface area contributed by atoms with E-state index in [1.165, 1.54) is 22.3 Å². The summed E-state index contributed by atoms with van der Waals surface area (Å²) in [6.07, 6.45) is 1.79. The maximum absolute atomic E-state index is 9.66. The third-order valence-corrected chi connectivity index (χ3v) is 5.41. The Hall–Kier alpha value is -3.77. The molecule has 1 heterocycles. The maximum Gasteiger partial charge on any atom is 0.0998 e. The summed E-state index contributed by atoms with van der Waals surface area (Å²) in [5.74, 6) is 0. The summed E-state index contributed by atoms with van der Waals surface area (Å²) in [5.41, 5.74) is 11.7. The molecular formula is C28H25N3. The third-order valence-electron chi connectivity index (χ3n) is 5.41. The molecule has 0 aliphatic rings. The highest BCUT2D eigenvalue weighted by atomic mass is 14.8. The van der Waals surface area contributed by atoms with Gasteiger partial charge in [-0.15, -0.1) is 0 Å². The average Bonchev–Trinajstić information content (AvgIpc) is 2.71. The van der Waals surface area contributed by atoms with Crippen LogP contribution in [0.1, 0.15) is 33.4 Å². The molecule has 0 radical (unpaired) electrons. The molecule has 3 aromatic carbocycles. The van der Waals surface area contributed by atoms with Gasteiger partial charge < -0.3 is 0 Å². The molecule has 4 aromatic rings. The van der Waals surface area contributed by atoms with Crippen molar-refractivity contribution in [1.82, 2.24) is 9.97 Å². The van der Waals surface area contributed by atoms with Gasteiger partial charge >= 0.3 is 0 Å². The molecule has 0 N–H and O–H groups in total. The van der Waals surface area contributed by atoms with Crippen LogP contribution in [0.15, 0.2) is 60.8 Å². The number of benzene rings is 3. The first-order valence-corrected chi connectivity index (χ1v) is 10.4. The van der Waals surface area contributed by atoms with Crippen LogP contribution in [-0.2, 0) is 0 Å². The second-order valence-corrected chi connectivity index (χ2v) is 8.31. The number of hydrogen-bond donors (Lipinski definition) is 0. The maximum atomic E-state index is 9.66. The third kappa shape index (κ3) is 4.11. The van der Waals surface area contributed by atoms with E-state index in [0.717, 1.165) is 39.3 Å². The highest BCUT2D eigenvalue weighted by Crippen LogP contribution is 2.34. The summed E-state index contributed by atoms with van der Waals surface area (Å²) in [5, 5.41) is 9.66. The Morgan fingerprint density at radius 2 is 1.26 bits per heavy atom. The van der Waals surface area contributed by atoms with Crippen LogP contribution in [-0.4, -0.2) is 9.97 Å². The molecule has 0 atom stereocenters. The zero-order chi connectivity index (χ0) is 22.1. The van der Waals surface area contributed by atoms with Gasteiger partial charge in [0.25, 0.3) is 0 Å². The molecule has 0 aliphatic carbocycles. The second kappa shape index (κ2) is 8.16. The molecule has 152 valence electrons. The predicted molar refractivity (Wildman–Crippen MR) is 127 cm³/mol. The van der Waals surface area contributed by atoms with Crippen molar-refractivity contribution in [3.63, 3.8) is 0 Å². The minimum absolute atomic E-state index is 0.611. The van der Waals surface area contributed by atoms with Gasteiger partial charge in [-0.05, 0) is 70.5 Å². The number of nitrogens with zero attached hydrogens (tertiary/aromatic N) is 3. The molecule has 4 rings (SSSR count). The molecule has 0 aliphatic heterocycles. The van der Waals surface area contributed by atoms with Crippen molar-refractivity contribution in [2.45, 2.75) is 34.6 Å². The molecule has 0 saturated heterocycles. The van der Waals surface area contributed by atoms with Crippen LogP contribution in [0.5, 0.6) is 0 Å². The fraction of sp³-hybridized carbons (Fsp3) is 0.179. The van der Waals surface area contributed by atoms with E-state index in [0.29, 0.717) is 5.56 Å². The standard InChI is InChI=1S/C28H25N3/c1-17-9-18(2)12-23(11-17)27-28(24-13-19(3)10-20(4)14-24)31-25(16-30-27)26-21(5)7-6-8-22(26)15-29/h6-14,16H,1-5H3. The fourth-order valence-electron chi connectivity index (χ4n) is 4.25. The minimum Gasteiger partial charge on any atom is -0.252 e. The van der Waals surface area contributed by atoms with E-state index in [4.69, 9.17) is 9.97 Å². The summed E-state index contributed by atoms with van der Waals surface area (Å²) in [6, 6.07) is 21.0. The van der Waals surface area contributed by atoms with Crippen LogP contribution in [0.2, 0.25) is 0 Å². The Bertz CT molecular complexity index is 1300. The van der Waals surface area contributed by atoms with Crippen molar-refractivity contribution in [3.05, 3.63) is 94.2 Å². The number of hydrogen-bond acceptors (Lipinski definition) is 3. The van der Waals surface area contributed by atoms with E-state index in [1.54, 1.807) is 6.20 Å². The van der Waals surface area contributed by atoms with E-state index in [-0.39, 0.29) is 0 Å². The first-order valence-electron chi connectivity index (χ1n) is 10.4. The molecule has 0 unspecified atom stereocenters. The first kappa shape index (κ1) is 20.5. The van der Waals surface area contributed by atoms with E-state index in [2.05, 4.69) is 70.2 Å². The summed E-state index contributed by atoms with van der Waals surface area (Å²) in [6.45, 7) is 10.4. The van der Waals surface area contributed by atoms with Gasteiger partial charge in [0.15, 0.2) is 0 Å². The molecule has 0 spiro atoms. The Morgan fingerprint density at radius 1 is 0.710 bits per heavy atom. The molecule has 0 amide bonds. The zero-order valence-corrected chi connectivity index (χ0v) is 18.6. The van der Waals surface area contributed by atoms with Gasteiger partial charge in [0.05, 0.1) is 34.9 Å². The Morgan fingerprint density at radius 3 is 1.81 bits per heavy atom. The predicted octanol–water partition coefficient (Wildman–Crippen LogP) is 6.89. The lowest BCUT2D eigenvalue weighted by Gasteiger charge is -2.14. The van der Waals surface area contributed by atoms with Gasteiger partial charge in [0.1, 0.15) is 0 Å². The molecule has 0 bridgehead atoms. The summed E-state index contributed by atoms with van der Waals surface area (Å²) < 4.78 is 0. The SMILES string of the molecule is Cc1cc(C)cc(-c2ncc(-c3c(C)cccc3C#N)nc2-c2cc(C)cc(C)c2)c1. The summed E-state index contributed by atoms with van der Waals surface area (Å²) in [4.78, 5) is 9.97. The van der Waals surface area contributed by atoms with E-state index in [1.807, 2.05) is 25.1 Å². The highest BCUT2D eigenvalue weighted by molar-refractivity contribution is 5.82. The largest absolute Gasteiger partial charge is 0.252 e. The lowest BCUT2D eigenvalue weighted by Crippen LogP contribution is -1.99. The van der Waals surface area contributed by atoms with Crippen LogP contribution >= 0.6 is 0 Å². The van der Waals surface area contributed by atoms with Crippen LogP contribution in [0, 0.1) is 45.9 Å². The molecule has 0 fully saturated rings. The van der Waals surface area contributed by atoms with Gasteiger partial charge in [0.2, 0.25) is 0 Å². The van der Waals surface area contributed by atoms with Gasteiger partial charge in [-0.3, -0.25) is 4.98 Å². The molecule has 31 heavy (non-hydrogen) atoms. The average molecular weight is 404 g/mol. The highest BCUT2D eigenvalue weighted by Gasteiger charge is 2.17. The molecular weight excluding hydrogens is 378 g/mol. The van der Waals surface area contributed by atoms with Gasteiger partial charge in [-0.1, -0.05) is 46.5 Å². The topological polar surface area (TPSA) is 49.6 Å². The van der Waals surface area contributed by atoms with Crippen molar-refractivity contribution in [3.8, 4) is 39.8 Å². The van der Waals surface area contributed by atoms with Crippen molar-refractivity contribution in [2.75, 3.05) is 0 Å². The Balaban J connectivity index is 2.03. The minimum atomic E-state index is 0.611. The summed E-state index contributed by atoms with van der Waals surface area (Å²) >= 11 is 0. The van der Waals surface area contributed by atoms with Crippen molar-refractivity contribution in [2.24, 2.45) is 0 Å². The smallest absolute Gasteiger partial charge is 0.0998 e. The van der Waals surface area contributed by atoms with Gasteiger partial charge in [0, 0.05) is 16.7 Å². The molecule has 3 heteroatoms. The number of nitriles is 1. The number of aromatic nitrogens is 2. The van der Waals surface area contributed by atoms with Crippen molar-refractivity contribution >= 4 is 0 Å². The number of rotatable bonds is 3. The first-order chi connectivity index (χ1) is 14.9. The molecule has 1 aromatic heterocycles. The zero-order valence-electron chi connectivity index (χ0n) is 18.6. The second-order valence-electron chi connectivity index (χ2n) is 8.31. The Labute approximate surface area is 184 Å². The fourth-order valence-corrected chi connectivity index (χ4v) is 4.25. The van der Waals surface area contributed by atoms with Crippen LogP contribution in [0.4, 0.5) is 0 Å². The van der Waals surface area contributed by atoms with Crippen LogP contribution in [0.3, 0.4) is 0 Å². The van der Waals surface area contributed by atoms with Crippen molar-refractivity contribution in [1.29, 1.82) is 5.26 Å². The summed E-state index contributed by atoms with van der Waals surface area (Å²) in [7, 11) is 0. The Kier molecular flexibility index (Phi) is 5.40. The van der Waals surface area contributed by atoms with Gasteiger partial charge in [-0.25, -0.2) is 4.98 Å². The van der Waals surface area contributed by atoms with E-state index >= 15 is 0 Å². The van der Waals surface area contributed by atoms with E-state index < -0.39 is 0 Å². The van der Waals surface area contributed by atoms with E-state index in [9.17, 15) is 5.26 Å². The van der Waals surface area contributed by atoms with Crippen molar-refractivity contribution < 1.29 is 0 Å². The van der Waals surface area contributed by atoms with Crippen LogP contribution < -0.4 is 0 Å².